The molecule has 3 aromatic rings. The number of nitrogen functional groups attached to an aromatic ring is 1. The Balaban J connectivity index is 1.98. The van der Waals surface area contributed by atoms with Crippen molar-refractivity contribution in [2.45, 2.75) is 0 Å². The number of ether oxygens (including phenoxy) is 1. The summed E-state index contributed by atoms with van der Waals surface area (Å²) in [5.74, 6) is 1.06. The van der Waals surface area contributed by atoms with Gasteiger partial charge in [-0.25, -0.2) is 4.98 Å². The van der Waals surface area contributed by atoms with Gasteiger partial charge in [0.25, 0.3) is 0 Å². The van der Waals surface area contributed by atoms with Crippen molar-refractivity contribution in [2.24, 2.45) is 0 Å². The van der Waals surface area contributed by atoms with Crippen LogP contribution in [0.4, 0.5) is 5.69 Å². The van der Waals surface area contributed by atoms with Gasteiger partial charge >= 0.3 is 0 Å². The lowest BCUT2D eigenvalue weighted by molar-refractivity contribution is 0.465. The Bertz CT molecular complexity index is 746. The molecule has 1 aromatic heterocycles. The molecular weight excluding hydrogens is 306 g/mol. The lowest BCUT2D eigenvalue weighted by Crippen LogP contribution is -1.95. The van der Waals surface area contributed by atoms with Crippen LogP contribution in [0.25, 0.3) is 10.8 Å². The van der Waals surface area contributed by atoms with Crippen LogP contribution in [0.3, 0.4) is 0 Å². The van der Waals surface area contributed by atoms with Gasteiger partial charge in [0.1, 0.15) is 17.8 Å². The molecule has 0 spiro atoms. The number of anilines is 1. The van der Waals surface area contributed by atoms with E-state index < -0.39 is 0 Å². The third-order valence-corrected chi connectivity index (χ3v) is 3.18. The molecule has 0 amide bonds. The summed E-state index contributed by atoms with van der Waals surface area (Å²) >= 11 is 3.45. The Kier molecular flexibility index (Phi) is 3.05. The molecule has 0 aliphatic rings. The molecule has 0 atom stereocenters. The molecule has 3 rings (SSSR count). The van der Waals surface area contributed by atoms with Crippen LogP contribution in [0.15, 0.2) is 53.4 Å². The Morgan fingerprint density at radius 1 is 1.05 bits per heavy atom. The summed E-state index contributed by atoms with van der Waals surface area (Å²) in [6.45, 7) is 0. The van der Waals surface area contributed by atoms with Crippen molar-refractivity contribution in [2.75, 3.05) is 5.73 Å². The average molecular weight is 316 g/mol. The smallest absolute Gasteiger partial charge is 0.245 e. The van der Waals surface area contributed by atoms with Crippen molar-refractivity contribution in [3.8, 4) is 11.6 Å². The summed E-state index contributed by atoms with van der Waals surface area (Å²) in [7, 11) is 0. The van der Waals surface area contributed by atoms with Crippen LogP contribution >= 0.6 is 15.9 Å². The van der Waals surface area contributed by atoms with Gasteiger partial charge in [0, 0.05) is 4.47 Å². The van der Waals surface area contributed by atoms with Gasteiger partial charge in [-0.15, -0.1) is 0 Å². The molecule has 94 valence electrons. The Morgan fingerprint density at radius 2 is 1.84 bits per heavy atom. The highest BCUT2D eigenvalue weighted by molar-refractivity contribution is 9.10. The number of nitrogens with two attached hydrogens (primary N) is 1. The van der Waals surface area contributed by atoms with E-state index in [0.29, 0.717) is 17.3 Å². The lowest BCUT2D eigenvalue weighted by Gasteiger charge is -2.07. The summed E-state index contributed by atoms with van der Waals surface area (Å²) in [6.07, 6.45) is 2.92. The SMILES string of the molecule is Nc1cncnc1Oc1ccc2cc(Br)ccc2c1. The molecule has 5 heteroatoms. The quantitative estimate of drug-likeness (QED) is 0.782. The summed E-state index contributed by atoms with van der Waals surface area (Å²) in [5, 5.41) is 2.23. The Hall–Kier alpha value is -2.14. The van der Waals surface area contributed by atoms with E-state index in [4.69, 9.17) is 10.5 Å². The Morgan fingerprint density at radius 3 is 2.68 bits per heavy atom. The summed E-state index contributed by atoms with van der Waals surface area (Å²) in [6, 6.07) is 11.9. The van der Waals surface area contributed by atoms with E-state index in [2.05, 4.69) is 32.0 Å². The summed E-state index contributed by atoms with van der Waals surface area (Å²) in [4.78, 5) is 7.83. The molecular formula is C14H10BrN3O. The van der Waals surface area contributed by atoms with Crippen LogP contribution in [0.2, 0.25) is 0 Å². The molecule has 0 unspecified atom stereocenters. The van der Waals surface area contributed by atoms with Gasteiger partial charge in [-0.3, -0.25) is 0 Å². The van der Waals surface area contributed by atoms with Crippen molar-refractivity contribution in [3.05, 3.63) is 53.4 Å². The third-order valence-electron chi connectivity index (χ3n) is 2.69. The normalized spacial score (nSPS) is 10.6. The predicted molar refractivity (Wildman–Crippen MR) is 78.2 cm³/mol. The second-order valence-corrected chi connectivity index (χ2v) is 4.95. The minimum absolute atomic E-state index is 0.367. The van der Waals surface area contributed by atoms with Crippen molar-refractivity contribution in [1.29, 1.82) is 0 Å². The largest absolute Gasteiger partial charge is 0.437 e. The zero-order valence-electron chi connectivity index (χ0n) is 9.88. The minimum atomic E-state index is 0.367. The molecule has 2 N–H and O–H groups in total. The predicted octanol–water partition coefficient (Wildman–Crippen LogP) is 3.77. The molecule has 0 aliphatic heterocycles. The maximum absolute atomic E-state index is 5.74. The van der Waals surface area contributed by atoms with Crippen LogP contribution in [0, 0.1) is 0 Å². The molecule has 4 nitrogen and oxygen atoms in total. The van der Waals surface area contributed by atoms with Crippen LogP contribution in [0.5, 0.6) is 11.6 Å². The van der Waals surface area contributed by atoms with Crippen LogP contribution < -0.4 is 10.5 Å². The number of aromatic nitrogens is 2. The average Bonchev–Trinajstić information content (AvgIpc) is 2.41. The molecule has 2 aromatic carbocycles. The molecule has 0 saturated heterocycles. The Labute approximate surface area is 118 Å². The number of nitrogens with zero attached hydrogens (tertiary/aromatic N) is 2. The van der Waals surface area contributed by atoms with Crippen LogP contribution in [-0.4, -0.2) is 9.97 Å². The van der Waals surface area contributed by atoms with E-state index in [1.165, 1.54) is 12.5 Å². The molecule has 0 aliphatic carbocycles. The van der Waals surface area contributed by atoms with Crippen molar-refractivity contribution >= 4 is 32.4 Å². The maximum Gasteiger partial charge on any atom is 0.245 e. The number of hydrogen-bond acceptors (Lipinski definition) is 4. The standard InChI is InChI=1S/C14H10BrN3O/c15-11-3-1-10-6-12(4-2-9(10)5-11)19-14-13(16)7-17-8-18-14/h1-8H,16H2. The zero-order chi connectivity index (χ0) is 13.2. The number of rotatable bonds is 2. The van der Waals surface area contributed by atoms with E-state index >= 15 is 0 Å². The fraction of sp³-hybridized carbons (Fsp3) is 0. The maximum atomic E-state index is 5.74. The summed E-state index contributed by atoms with van der Waals surface area (Å²) in [5.41, 5.74) is 6.16. The molecule has 19 heavy (non-hydrogen) atoms. The highest BCUT2D eigenvalue weighted by atomic mass is 79.9. The zero-order valence-corrected chi connectivity index (χ0v) is 11.5. The third kappa shape index (κ3) is 2.51. The van der Waals surface area contributed by atoms with Crippen LogP contribution in [-0.2, 0) is 0 Å². The molecule has 0 fully saturated rings. The van der Waals surface area contributed by atoms with Gasteiger partial charge in [-0.05, 0) is 35.0 Å². The highest BCUT2D eigenvalue weighted by Gasteiger charge is 2.04. The monoisotopic (exact) mass is 315 g/mol. The van der Waals surface area contributed by atoms with Crippen molar-refractivity contribution in [1.82, 2.24) is 9.97 Å². The van der Waals surface area contributed by atoms with Gasteiger partial charge in [-0.1, -0.05) is 28.1 Å². The van der Waals surface area contributed by atoms with Gasteiger partial charge < -0.3 is 10.5 Å². The number of fused-ring (bicyclic) bond motifs is 1. The first-order valence-corrected chi connectivity index (χ1v) is 6.44. The fourth-order valence-electron chi connectivity index (χ4n) is 1.78. The second kappa shape index (κ2) is 4.85. The van der Waals surface area contributed by atoms with Crippen LogP contribution in [0.1, 0.15) is 0 Å². The number of hydrogen-bond donors (Lipinski definition) is 1. The fourth-order valence-corrected chi connectivity index (χ4v) is 2.16. The van der Waals surface area contributed by atoms with Gasteiger partial charge in [0.05, 0.1) is 6.20 Å². The number of benzene rings is 2. The molecule has 0 radical (unpaired) electrons. The highest BCUT2D eigenvalue weighted by Crippen LogP contribution is 2.28. The van der Waals surface area contributed by atoms with Gasteiger partial charge in [0.15, 0.2) is 0 Å². The van der Waals surface area contributed by atoms with E-state index in [-0.39, 0.29) is 0 Å². The van der Waals surface area contributed by atoms with E-state index in [1.807, 2.05) is 30.3 Å². The first-order chi connectivity index (χ1) is 9.22. The van der Waals surface area contributed by atoms with E-state index in [9.17, 15) is 0 Å². The second-order valence-electron chi connectivity index (χ2n) is 4.04. The first kappa shape index (κ1) is 11.9. The first-order valence-electron chi connectivity index (χ1n) is 5.65. The number of halogens is 1. The molecule has 0 bridgehead atoms. The minimum Gasteiger partial charge on any atom is -0.437 e. The van der Waals surface area contributed by atoms with E-state index in [0.717, 1.165) is 15.2 Å². The van der Waals surface area contributed by atoms with Gasteiger partial charge in [0.2, 0.25) is 5.88 Å². The topological polar surface area (TPSA) is 61.0 Å². The van der Waals surface area contributed by atoms with E-state index in [1.54, 1.807) is 0 Å². The van der Waals surface area contributed by atoms with Crippen molar-refractivity contribution in [3.63, 3.8) is 0 Å². The van der Waals surface area contributed by atoms with Gasteiger partial charge in [-0.2, -0.15) is 4.98 Å². The molecule has 0 saturated carbocycles. The van der Waals surface area contributed by atoms with Crippen molar-refractivity contribution < 1.29 is 4.74 Å². The lowest BCUT2D eigenvalue weighted by atomic mass is 10.1. The molecule has 1 heterocycles. The summed E-state index contributed by atoms with van der Waals surface area (Å²) < 4.78 is 6.71.